The van der Waals surface area contributed by atoms with Crippen molar-refractivity contribution in [3.05, 3.63) is 29.6 Å². The molecule has 0 aliphatic carbocycles. The number of nitrogens with one attached hydrogen (secondary N) is 2. The summed E-state index contributed by atoms with van der Waals surface area (Å²) in [6.07, 6.45) is 0. The van der Waals surface area contributed by atoms with Crippen LogP contribution in [0.2, 0.25) is 0 Å². The second-order valence-corrected chi connectivity index (χ2v) is 6.04. The van der Waals surface area contributed by atoms with Gasteiger partial charge in [0, 0.05) is 5.56 Å². The smallest absolute Gasteiger partial charge is 0.235 e. The molecule has 0 radical (unpaired) electrons. The van der Waals surface area contributed by atoms with Gasteiger partial charge in [-0.2, -0.15) is 0 Å². The van der Waals surface area contributed by atoms with Gasteiger partial charge in [-0.1, -0.05) is 0 Å². The maximum atomic E-state index is 13.5. The van der Waals surface area contributed by atoms with E-state index >= 15 is 0 Å². The number of halogens is 1. The minimum atomic E-state index is -3.58. The number of anilines is 1. The van der Waals surface area contributed by atoms with E-state index in [1.807, 2.05) is 0 Å². The highest BCUT2D eigenvalue weighted by molar-refractivity contribution is 7.93. The lowest BCUT2D eigenvalue weighted by Crippen LogP contribution is -2.23. The van der Waals surface area contributed by atoms with Gasteiger partial charge in [-0.05, 0) is 32.0 Å². The van der Waals surface area contributed by atoms with Crippen LogP contribution in [0.25, 0.3) is 0 Å². The molecule has 1 aromatic carbocycles. The zero-order chi connectivity index (χ0) is 13.2. The Hall–Kier alpha value is -1.63. The lowest BCUT2D eigenvalue weighted by atomic mass is 10.2. The molecule has 5 nitrogen and oxygen atoms in total. The molecule has 1 aromatic rings. The van der Waals surface area contributed by atoms with Gasteiger partial charge in [0.2, 0.25) is 10.0 Å². The fourth-order valence-corrected chi connectivity index (χ4v) is 1.74. The molecule has 0 saturated carbocycles. The Labute approximate surface area is 99.4 Å². The van der Waals surface area contributed by atoms with Gasteiger partial charge in [0.15, 0.2) is 0 Å². The molecule has 0 fully saturated rings. The molecule has 0 aromatic heterocycles. The third kappa shape index (κ3) is 3.16. The second-order valence-electron chi connectivity index (χ2n) is 3.80. The number of sulfonamides is 1. The monoisotopic (exact) mass is 259 g/mol. The first-order valence-corrected chi connectivity index (χ1v) is 6.44. The minimum absolute atomic E-state index is 0.149. The molecular formula is C10H14FN3O2S. The normalized spacial score (nSPS) is 11.5. The number of benzene rings is 1. The summed E-state index contributed by atoms with van der Waals surface area (Å²) in [5.41, 5.74) is 5.24. The SMILES string of the molecule is CC(C)S(=O)(=O)Nc1ccc(C(=N)N)cc1F. The lowest BCUT2D eigenvalue weighted by Gasteiger charge is -2.11. The topological polar surface area (TPSA) is 96.0 Å². The number of nitrogen functional groups attached to an aromatic ring is 1. The Balaban J connectivity index is 3.06. The van der Waals surface area contributed by atoms with Crippen LogP contribution in [0, 0.1) is 11.2 Å². The van der Waals surface area contributed by atoms with Crippen LogP contribution in [0.5, 0.6) is 0 Å². The number of amidine groups is 1. The molecular weight excluding hydrogens is 245 g/mol. The number of rotatable bonds is 4. The van der Waals surface area contributed by atoms with Crippen LogP contribution in [0.4, 0.5) is 10.1 Å². The Morgan fingerprint density at radius 1 is 1.47 bits per heavy atom. The zero-order valence-electron chi connectivity index (χ0n) is 9.49. The minimum Gasteiger partial charge on any atom is -0.384 e. The fourth-order valence-electron chi connectivity index (χ4n) is 1.04. The summed E-state index contributed by atoms with van der Waals surface area (Å²) in [7, 11) is -3.58. The second kappa shape index (κ2) is 4.70. The molecule has 0 aliphatic rings. The van der Waals surface area contributed by atoms with Gasteiger partial charge >= 0.3 is 0 Å². The van der Waals surface area contributed by atoms with Gasteiger partial charge in [0.25, 0.3) is 0 Å². The first kappa shape index (κ1) is 13.4. The van der Waals surface area contributed by atoms with E-state index in [0.717, 1.165) is 6.07 Å². The van der Waals surface area contributed by atoms with Crippen LogP contribution in [-0.4, -0.2) is 19.5 Å². The van der Waals surface area contributed by atoms with Crippen molar-refractivity contribution in [3.63, 3.8) is 0 Å². The molecule has 17 heavy (non-hydrogen) atoms. The molecule has 94 valence electrons. The molecule has 0 unspecified atom stereocenters. The van der Waals surface area contributed by atoms with Crippen LogP contribution in [0.3, 0.4) is 0 Å². The molecule has 0 spiro atoms. The molecule has 0 atom stereocenters. The average molecular weight is 259 g/mol. The summed E-state index contributed by atoms with van der Waals surface area (Å²) >= 11 is 0. The van der Waals surface area contributed by atoms with E-state index in [0.29, 0.717) is 0 Å². The maximum Gasteiger partial charge on any atom is 0.235 e. The van der Waals surface area contributed by atoms with Gasteiger partial charge in [-0.3, -0.25) is 10.1 Å². The van der Waals surface area contributed by atoms with Crippen LogP contribution >= 0.6 is 0 Å². The van der Waals surface area contributed by atoms with Gasteiger partial charge in [-0.25, -0.2) is 12.8 Å². The van der Waals surface area contributed by atoms with Gasteiger partial charge in [0.05, 0.1) is 10.9 Å². The van der Waals surface area contributed by atoms with Crippen molar-refractivity contribution in [2.75, 3.05) is 4.72 Å². The van der Waals surface area contributed by atoms with Gasteiger partial charge in [0.1, 0.15) is 11.7 Å². The number of hydrogen-bond acceptors (Lipinski definition) is 3. The summed E-state index contributed by atoms with van der Waals surface area (Å²) in [6, 6.07) is 3.64. The van der Waals surface area contributed by atoms with Crippen molar-refractivity contribution in [3.8, 4) is 0 Å². The van der Waals surface area contributed by atoms with Gasteiger partial charge < -0.3 is 5.73 Å². The first-order chi connectivity index (χ1) is 7.74. The van der Waals surface area contributed by atoms with E-state index in [1.54, 1.807) is 0 Å². The van der Waals surface area contributed by atoms with Crippen molar-refractivity contribution < 1.29 is 12.8 Å². The van der Waals surface area contributed by atoms with Crippen molar-refractivity contribution in [2.45, 2.75) is 19.1 Å². The van der Waals surface area contributed by atoms with Crippen molar-refractivity contribution in [1.82, 2.24) is 0 Å². The highest BCUT2D eigenvalue weighted by Gasteiger charge is 2.17. The standard InChI is InChI=1S/C10H14FN3O2S/c1-6(2)17(15,16)14-9-4-3-7(10(12)13)5-8(9)11/h3-6,14H,1-2H3,(H3,12,13). The third-order valence-corrected chi connectivity index (χ3v) is 3.90. The zero-order valence-corrected chi connectivity index (χ0v) is 10.3. The Morgan fingerprint density at radius 2 is 2.06 bits per heavy atom. The third-order valence-electron chi connectivity index (χ3n) is 2.15. The Kier molecular flexibility index (Phi) is 3.72. The highest BCUT2D eigenvalue weighted by Crippen LogP contribution is 2.18. The Bertz CT molecular complexity index is 540. The summed E-state index contributed by atoms with van der Waals surface area (Å²) in [4.78, 5) is 0. The maximum absolute atomic E-state index is 13.5. The first-order valence-electron chi connectivity index (χ1n) is 4.89. The number of nitrogens with two attached hydrogens (primary N) is 1. The largest absolute Gasteiger partial charge is 0.384 e. The average Bonchev–Trinajstić information content (AvgIpc) is 2.20. The molecule has 7 heteroatoms. The molecule has 4 N–H and O–H groups in total. The lowest BCUT2D eigenvalue weighted by molar-refractivity contribution is 0.590. The fraction of sp³-hybridized carbons (Fsp3) is 0.300. The van der Waals surface area contributed by atoms with Crippen LogP contribution in [0.1, 0.15) is 19.4 Å². The van der Waals surface area contributed by atoms with Crippen molar-refractivity contribution in [1.29, 1.82) is 5.41 Å². The highest BCUT2D eigenvalue weighted by atomic mass is 32.2. The number of hydrogen-bond donors (Lipinski definition) is 3. The molecule has 0 aliphatic heterocycles. The van der Waals surface area contributed by atoms with E-state index < -0.39 is 21.1 Å². The van der Waals surface area contributed by atoms with Crippen LogP contribution in [-0.2, 0) is 10.0 Å². The van der Waals surface area contributed by atoms with E-state index in [1.165, 1.54) is 26.0 Å². The van der Waals surface area contributed by atoms with Crippen LogP contribution < -0.4 is 10.5 Å². The predicted octanol–water partition coefficient (Wildman–Crippen LogP) is 1.26. The predicted molar refractivity (Wildman–Crippen MR) is 65.1 cm³/mol. The Morgan fingerprint density at radius 3 is 2.47 bits per heavy atom. The van der Waals surface area contributed by atoms with E-state index in [2.05, 4.69) is 4.72 Å². The molecule has 1 rings (SSSR count). The van der Waals surface area contributed by atoms with Crippen molar-refractivity contribution in [2.24, 2.45) is 5.73 Å². The van der Waals surface area contributed by atoms with Crippen molar-refractivity contribution >= 4 is 21.5 Å². The summed E-state index contributed by atoms with van der Waals surface area (Å²) in [5.74, 6) is -1.04. The van der Waals surface area contributed by atoms with E-state index in [4.69, 9.17) is 11.1 Å². The van der Waals surface area contributed by atoms with Crippen LogP contribution in [0.15, 0.2) is 18.2 Å². The molecule has 0 bridgehead atoms. The summed E-state index contributed by atoms with van der Waals surface area (Å²) < 4.78 is 38.7. The van der Waals surface area contributed by atoms with Gasteiger partial charge in [-0.15, -0.1) is 0 Å². The quantitative estimate of drug-likeness (QED) is 0.561. The molecule has 0 amide bonds. The van der Waals surface area contributed by atoms with E-state index in [-0.39, 0.29) is 17.1 Å². The van der Waals surface area contributed by atoms with E-state index in [9.17, 15) is 12.8 Å². The molecule has 0 saturated heterocycles. The summed E-state index contributed by atoms with van der Waals surface area (Å²) in [6.45, 7) is 2.98. The summed E-state index contributed by atoms with van der Waals surface area (Å²) in [5, 5.41) is 6.47. The molecule has 0 heterocycles.